The molecule has 2 rings (SSSR count). The third-order valence-electron chi connectivity index (χ3n) is 3.15. The second-order valence-corrected chi connectivity index (χ2v) is 4.89. The lowest BCUT2D eigenvalue weighted by Gasteiger charge is -2.14. The Hall–Kier alpha value is -2.16. The highest BCUT2D eigenvalue weighted by atomic mass is 16.5. The summed E-state index contributed by atoms with van der Waals surface area (Å²) in [5, 5.41) is 12.8. The number of phenolic OH excluding ortho intramolecular Hbond substituents is 1. The lowest BCUT2D eigenvalue weighted by atomic mass is 10.2. The first-order valence-electron chi connectivity index (χ1n) is 6.96. The van der Waals surface area contributed by atoms with Crippen LogP contribution in [0.2, 0.25) is 0 Å². The summed E-state index contributed by atoms with van der Waals surface area (Å²) in [5.41, 5.74) is 2.05. The molecule has 0 aliphatic rings. The molecule has 0 aliphatic carbocycles. The highest BCUT2D eigenvalue weighted by Gasteiger charge is 2.02. The smallest absolute Gasteiger partial charge is 0.121 e. The van der Waals surface area contributed by atoms with E-state index in [1.165, 1.54) is 0 Å². The summed E-state index contributed by atoms with van der Waals surface area (Å²) in [4.78, 5) is 0. The minimum Gasteiger partial charge on any atom is -0.508 e. The Bertz CT molecular complexity index is 554. The standard InChI is InChI=1S/C17H21NO2/c1-3-13(2)20-17-9-5-7-15(11-17)18-12-14-6-4-8-16(19)10-14/h4-11,13,18-19H,3,12H2,1-2H3. The maximum atomic E-state index is 9.43. The first kappa shape index (κ1) is 14.3. The van der Waals surface area contributed by atoms with E-state index in [-0.39, 0.29) is 11.9 Å². The first-order valence-corrected chi connectivity index (χ1v) is 6.96. The summed E-state index contributed by atoms with van der Waals surface area (Å²) >= 11 is 0. The van der Waals surface area contributed by atoms with Gasteiger partial charge in [0.15, 0.2) is 0 Å². The van der Waals surface area contributed by atoms with Gasteiger partial charge in [-0.3, -0.25) is 0 Å². The van der Waals surface area contributed by atoms with E-state index in [1.54, 1.807) is 12.1 Å². The highest BCUT2D eigenvalue weighted by molar-refractivity contribution is 5.48. The van der Waals surface area contributed by atoms with Crippen molar-refractivity contribution in [1.82, 2.24) is 0 Å². The summed E-state index contributed by atoms with van der Waals surface area (Å²) in [6, 6.07) is 15.2. The number of ether oxygens (including phenoxy) is 1. The molecule has 1 atom stereocenters. The minimum atomic E-state index is 0.219. The molecule has 0 aliphatic heterocycles. The zero-order valence-electron chi connectivity index (χ0n) is 12.0. The molecule has 0 saturated carbocycles. The van der Waals surface area contributed by atoms with Crippen LogP contribution in [-0.4, -0.2) is 11.2 Å². The van der Waals surface area contributed by atoms with Crippen LogP contribution in [0.5, 0.6) is 11.5 Å². The summed E-state index contributed by atoms with van der Waals surface area (Å²) in [5.74, 6) is 1.17. The van der Waals surface area contributed by atoms with Crippen molar-refractivity contribution in [3.05, 3.63) is 54.1 Å². The number of nitrogens with one attached hydrogen (secondary N) is 1. The van der Waals surface area contributed by atoms with E-state index < -0.39 is 0 Å². The van der Waals surface area contributed by atoms with Crippen LogP contribution < -0.4 is 10.1 Å². The lowest BCUT2D eigenvalue weighted by Crippen LogP contribution is -2.09. The molecule has 0 fully saturated rings. The van der Waals surface area contributed by atoms with Crippen LogP contribution in [0.15, 0.2) is 48.5 Å². The molecule has 1 unspecified atom stereocenters. The van der Waals surface area contributed by atoms with E-state index in [1.807, 2.05) is 36.4 Å². The van der Waals surface area contributed by atoms with Gasteiger partial charge in [-0.15, -0.1) is 0 Å². The van der Waals surface area contributed by atoms with E-state index in [2.05, 4.69) is 19.2 Å². The molecule has 106 valence electrons. The molecular weight excluding hydrogens is 250 g/mol. The molecule has 20 heavy (non-hydrogen) atoms. The summed E-state index contributed by atoms with van der Waals surface area (Å²) in [7, 11) is 0. The van der Waals surface area contributed by atoms with Crippen molar-refractivity contribution >= 4 is 5.69 Å². The minimum absolute atomic E-state index is 0.219. The molecule has 0 heterocycles. The van der Waals surface area contributed by atoms with Gasteiger partial charge in [-0.2, -0.15) is 0 Å². The molecule has 0 spiro atoms. The molecular formula is C17H21NO2. The first-order chi connectivity index (χ1) is 9.67. The zero-order chi connectivity index (χ0) is 14.4. The fourth-order valence-corrected chi connectivity index (χ4v) is 1.87. The van der Waals surface area contributed by atoms with Crippen molar-refractivity contribution in [2.24, 2.45) is 0 Å². The van der Waals surface area contributed by atoms with Gasteiger partial charge in [-0.1, -0.05) is 25.1 Å². The van der Waals surface area contributed by atoms with Crippen molar-refractivity contribution in [3.8, 4) is 11.5 Å². The van der Waals surface area contributed by atoms with Crippen molar-refractivity contribution in [3.63, 3.8) is 0 Å². The fraction of sp³-hybridized carbons (Fsp3) is 0.294. The van der Waals surface area contributed by atoms with Gasteiger partial charge in [0, 0.05) is 18.3 Å². The third kappa shape index (κ3) is 4.19. The van der Waals surface area contributed by atoms with E-state index >= 15 is 0 Å². The van der Waals surface area contributed by atoms with Crippen LogP contribution in [0.1, 0.15) is 25.8 Å². The normalized spacial score (nSPS) is 11.9. The third-order valence-corrected chi connectivity index (χ3v) is 3.15. The van der Waals surface area contributed by atoms with Crippen LogP contribution in [0, 0.1) is 0 Å². The molecule has 0 bridgehead atoms. The van der Waals surface area contributed by atoms with Gasteiger partial charge in [0.1, 0.15) is 11.5 Å². The second-order valence-electron chi connectivity index (χ2n) is 4.89. The van der Waals surface area contributed by atoms with Crippen molar-refractivity contribution < 1.29 is 9.84 Å². The molecule has 0 saturated heterocycles. The van der Waals surface area contributed by atoms with Gasteiger partial charge < -0.3 is 15.2 Å². The second kappa shape index (κ2) is 6.85. The van der Waals surface area contributed by atoms with Crippen LogP contribution >= 0.6 is 0 Å². The van der Waals surface area contributed by atoms with E-state index in [4.69, 9.17) is 4.74 Å². The summed E-state index contributed by atoms with van der Waals surface area (Å²) < 4.78 is 5.80. The molecule has 3 nitrogen and oxygen atoms in total. The quantitative estimate of drug-likeness (QED) is 0.828. The van der Waals surface area contributed by atoms with Crippen LogP contribution in [0.4, 0.5) is 5.69 Å². The Labute approximate surface area is 120 Å². The number of aromatic hydroxyl groups is 1. The predicted molar refractivity (Wildman–Crippen MR) is 82.3 cm³/mol. The molecule has 2 aromatic carbocycles. The number of hydrogen-bond acceptors (Lipinski definition) is 3. The van der Waals surface area contributed by atoms with Gasteiger partial charge in [0.05, 0.1) is 6.10 Å². The van der Waals surface area contributed by atoms with Gasteiger partial charge in [0.25, 0.3) is 0 Å². The fourth-order valence-electron chi connectivity index (χ4n) is 1.87. The van der Waals surface area contributed by atoms with E-state index in [9.17, 15) is 5.11 Å². The Morgan fingerprint density at radius 2 is 1.95 bits per heavy atom. The lowest BCUT2D eigenvalue weighted by molar-refractivity contribution is 0.217. The average molecular weight is 271 g/mol. The van der Waals surface area contributed by atoms with Crippen LogP contribution in [-0.2, 0) is 6.54 Å². The molecule has 2 N–H and O–H groups in total. The van der Waals surface area contributed by atoms with Gasteiger partial charge >= 0.3 is 0 Å². The molecule has 0 aromatic heterocycles. The van der Waals surface area contributed by atoms with E-state index in [0.29, 0.717) is 6.54 Å². The van der Waals surface area contributed by atoms with Crippen LogP contribution in [0.25, 0.3) is 0 Å². The summed E-state index contributed by atoms with van der Waals surface area (Å²) in [6.07, 6.45) is 1.21. The number of phenols is 1. The van der Waals surface area contributed by atoms with Crippen molar-refractivity contribution in [2.75, 3.05) is 5.32 Å². The average Bonchev–Trinajstić information content (AvgIpc) is 2.45. The number of anilines is 1. The molecule has 3 heteroatoms. The molecule has 2 aromatic rings. The zero-order valence-corrected chi connectivity index (χ0v) is 12.0. The Balaban J connectivity index is 1.97. The SMILES string of the molecule is CCC(C)Oc1cccc(NCc2cccc(O)c2)c1. The summed E-state index contributed by atoms with van der Waals surface area (Å²) in [6.45, 7) is 4.84. The van der Waals surface area contributed by atoms with Gasteiger partial charge in [-0.05, 0) is 43.2 Å². The van der Waals surface area contributed by atoms with Crippen LogP contribution in [0.3, 0.4) is 0 Å². The molecule has 0 amide bonds. The maximum Gasteiger partial charge on any atom is 0.121 e. The monoisotopic (exact) mass is 271 g/mol. The Morgan fingerprint density at radius 3 is 2.70 bits per heavy atom. The number of rotatable bonds is 6. The topological polar surface area (TPSA) is 41.5 Å². The number of hydrogen-bond donors (Lipinski definition) is 2. The largest absolute Gasteiger partial charge is 0.508 e. The number of benzene rings is 2. The Kier molecular flexibility index (Phi) is 4.88. The highest BCUT2D eigenvalue weighted by Crippen LogP contribution is 2.20. The predicted octanol–water partition coefficient (Wildman–Crippen LogP) is 4.18. The Morgan fingerprint density at radius 1 is 1.15 bits per heavy atom. The van der Waals surface area contributed by atoms with E-state index in [0.717, 1.165) is 23.4 Å². The van der Waals surface area contributed by atoms with Gasteiger partial charge in [0.2, 0.25) is 0 Å². The van der Waals surface area contributed by atoms with Crippen molar-refractivity contribution in [1.29, 1.82) is 0 Å². The van der Waals surface area contributed by atoms with Crippen molar-refractivity contribution in [2.45, 2.75) is 32.9 Å². The maximum absolute atomic E-state index is 9.43. The molecule has 0 radical (unpaired) electrons. The van der Waals surface area contributed by atoms with Gasteiger partial charge in [-0.25, -0.2) is 0 Å².